The van der Waals surface area contributed by atoms with E-state index < -0.39 is 0 Å². The molecular formula is C13H18N2. The molecule has 0 aromatic heterocycles. The summed E-state index contributed by atoms with van der Waals surface area (Å²) in [5.41, 5.74) is 1.14. The maximum atomic E-state index is 9.09. The van der Waals surface area contributed by atoms with Crippen molar-refractivity contribution in [2.75, 3.05) is 6.54 Å². The fourth-order valence-corrected chi connectivity index (χ4v) is 1.33. The van der Waals surface area contributed by atoms with Gasteiger partial charge in [-0.25, -0.2) is 0 Å². The number of hydrogen-bond acceptors (Lipinski definition) is 2. The molecule has 1 N–H and O–H groups in total. The average Bonchev–Trinajstić information content (AvgIpc) is 2.19. The van der Waals surface area contributed by atoms with E-state index in [1.807, 2.05) is 30.3 Å². The molecule has 1 rings (SSSR count). The second-order valence-corrected chi connectivity index (χ2v) is 4.72. The summed E-state index contributed by atoms with van der Waals surface area (Å²) in [6, 6.07) is 12.2. The Labute approximate surface area is 91.9 Å². The lowest BCUT2D eigenvalue weighted by molar-refractivity contribution is 0.421. The smallest absolute Gasteiger partial charge is 0.0837 e. The molecule has 2 heteroatoms. The van der Waals surface area contributed by atoms with Crippen molar-refractivity contribution in [1.29, 1.82) is 5.26 Å². The van der Waals surface area contributed by atoms with Crippen LogP contribution in [0.3, 0.4) is 0 Å². The molecule has 0 aliphatic rings. The van der Waals surface area contributed by atoms with Gasteiger partial charge in [0.05, 0.1) is 12.0 Å². The van der Waals surface area contributed by atoms with Crippen LogP contribution in [-0.4, -0.2) is 12.1 Å². The zero-order chi connectivity index (χ0) is 11.3. The van der Waals surface area contributed by atoms with E-state index >= 15 is 0 Å². The zero-order valence-corrected chi connectivity index (χ0v) is 9.62. The van der Waals surface area contributed by atoms with Crippen molar-refractivity contribution in [3.8, 4) is 6.07 Å². The number of rotatable bonds is 3. The predicted octanol–water partition coefficient (Wildman–Crippen LogP) is 2.68. The van der Waals surface area contributed by atoms with Crippen molar-refractivity contribution in [2.24, 2.45) is 0 Å². The Morgan fingerprint density at radius 1 is 1.27 bits per heavy atom. The summed E-state index contributed by atoms with van der Waals surface area (Å²) in [6.07, 6.45) is 0. The Morgan fingerprint density at radius 2 is 1.87 bits per heavy atom. The summed E-state index contributed by atoms with van der Waals surface area (Å²) < 4.78 is 0. The topological polar surface area (TPSA) is 35.8 Å². The van der Waals surface area contributed by atoms with E-state index in [-0.39, 0.29) is 11.5 Å². The Kier molecular flexibility index (Phi) is 3.88. The normalized spacial score (nSPS) is 13.2. The first kappa shape index (κ1) is 11.7. The van der Waals surface area contributed by atoms with E-state index in [0.717, 1.165) is 5.56 Å². The highest BCUT2D eigenvalue weighted by molar-refractivity contribution is 5.25. The van der Waals surface area contributed by atoms with Crippen LogP contribution in [0.2, 0.25) is 0 Å². The minimum Gasteiger partial charge on any atom is -0.310 e. The average molecular weight is 202 g/mol. The van der Waals surface area contributed by atoms with Gasteiger partial charge < -0.3 is 5.32 Å². The SMILES string of the molecule is CC(C)(C)NCC(C#N)c1ccccc1. The summed E-state index contributed by atoms with van der Waals surface area (Å²) in [5, 5.41) is 12.4. The molecule has 1 atom stereocenters. The quantitative estimate of drug-likeness (QED) is 0.818. The van der Waals surface area contributed by atoms with Crippen molar-refractivity contribution in [3.05, 3.63) is 35.9 Å². The molecule has 1 unspecified atom stereocenters. The van der Waals surface area contributed by atoms with Crippen LogP contribution in [0.4, 0.5) is 0 Å². The maximum absolute atomic E-state index is 9.09. The van der Waals surface area contributed by atoms with Crippen LogP contribution in [-0.2, 0) is 0 Å². The molecular weight excluding hydrogens is 184 g/mol. The monoisotopic (exact) mass is 202 g/mol. The first-order valence-corrected chi connectivity index (χ1v) is 5.22. The van der Waals surface area contributed by atoms with Gasteiger partial charge in [-0.05, 0) is 26.3 Å². The number of benzene rings is 1. The number of nitrogens with zero attached hydrogens (tertiary/aromatic N) is 1. The van der Waals surface area contributed by atoms with Gasteiger partial charge >= 0.3 is 0 Å². The van der Waals surface area contributed by atoms with Crippen LogP contribution >= 0.6 is 0 Å². The van der Waals surface area contributed by atoms with Gasteiger partial charge in [-0.1, -0.05) is 30.3 Å². The lowest BCUT2D eigenvalue weighted by atomic mass is 9.99. The Morgan fingerprint density at radius 3 is 2.33 bits per heavy atom. The molecule has 0 fully saturated rings. The van der Waals surface area contributed by atoms with Crippen LogP contribution in [0.1, 0.15) is 32.3 Å². The molecule has 1 aromatic carbocycles. The molecule has 0 radical (unpaired) electrons. The maximum Gasteiger partial charge on any atom is 0.0837 e. The third kappa shape index (κ3) is 4.14. The number of nitriles is 1. The van der Waals surface area contributed by atoms with Crippen molar-refractivity contribution >= 4 is 0 Å². The van der Waals surface area contributed by atoms with Crippen molar-refractivity contribution in [1.82, 2.24) is 5.32 Å². The highest BCUT2D eigenvalue weighted by atomic mass is 14.9. The van der Waals surface area contributed by atoms with Gasteiger partial charge in [-0.3, -0.25) is 0 Å². The van der Waals surface area contributed by atoms with E-state index in [1.165, 1.54) is 0 Å². The predicted molar refractivity (Wildman–Crippen MR) is 62.6 cm³/mol. The molecule has 0 saturated heterocycles. The van der Waals surface area contributed by atoms with Gasteiger partial charge in [0.1, 0.15) is 0 Å². The fraction of sp³-hybridized carbons (Fsp3) is 0.462. The summed E-state index contributed by atoms with van der Waals surface area (Å²) in [5.74, 6) is -0.0644. The molecule has 0 amide bonds. The second kappa shape index (κ2) is 4.95. The zero-order valence-electron chi connectivity index (χ0n) is 9.62. The van der Waals surface area contributed by atoms with Crippen LogP contribution < -0.4 is 5.32 Å². The molecule has 0 heterocycles. The Hall–Kier alpha value is -1.33. The van der Waals surface area contributed by atoms with Gasteiger partial charge in [0.25, 0.3) is 0 Å². The third-order valence-electron chi connectivity index (χ3n) is 2.19. The molecule has 0 aliphatic heterocycles. The number of nitrogens with one attached hydrogen (secondary N) is 1. The molecule has 0 saturated carbocycles. The van der Waals surface area contributed by atoms with Gasteiger partial charge in [-0.2, -0.15) is 5.26 Å². The largest absolute Gasteiger partial charge is 0.310 e. The standard InChI is InChI=1S/C13H18N2/c1-13(2,3)15-10-12(9-14)11-7-5-4-6-8-11/h4-8,12,15H,10H2,1-3H3. The molecule has 0 bridgehead atoms. The Balaban J connectivity index is 2.63. The van der Waals surface area contributed by atoms with Gasteiger partial charge in [0, 0.05) is 12.1 Å². The van der Waals surface area contributed by atoms with Crippen molar-refractivity contribution in [3.63, 3.8) is 0 Å². The van der Waals surface area contributed by atoms with Gasteiger partial charge in [-0.15, -0.1) is 0 Å². The first-order chi connectivity index (χ1) is 7.03. The summed E-state index contributed by atoms with van der Waals surface area (Å²) >= 11 is 0. The third-order valence-corrected chi connectivity index (χ3v) is 2.19. The molecule has 0 aliphatic carbocycles. The molecule has 1 aromatic rings. The van der Waals surface area contributed by atoms with Gasteiger partial charge in [0.15, 0.2) is 0 Å². The molecule has 2 nitrogen and oxygen atoms in total. The molecule has 80 valence electrons. The van der Waals surface area contributed by atoms with E-state index in [2.05, 4.69) is 32.2 Å². The van der Waals surface area contributed by atoms with E-state index in [1.54, 1.807) is 0 Å². The number of hydrogen-bond donors (Lipinski definition) is 1. The first-order valence-electron chi connectivity index (χ1n) is 5.22. The lowest BCUT2D eigenvalue weighted by Gasteiger charge is -2.22. The van der Waals surface area contributed by atoms with Crippen LogP contribution in [0.25, 0.3) is 0 Å². The van der Waals surface area contributed by atoms with Crippen LogP contribution in [0.5, 0.6) is 0 Å². The fourth-order valence-electron chi connectivity index (χ4n) is 1.33. The summed E-state index contributed by atoms with van der Waals surface area (Å²) in [6.45, 7) is 7.01. The van der Waals surface area contributed by atoms with E-state index in [0.29, 0.717) is 6.54 Å². The van der Waals surface area contributed by atoms with Crippen LogP contribution in [0, 0.1) is 11.3 Å². The van der Waals surface area contributed by atoms with Crippen molar-refractivity contribution in [2.45, 2.75) is 32.2 Å². The minimum atomic E-state index is -0.0644. The molecule has 0 spiro atoms. The lowest BCUT2D eigenvalue weighted by Crippen LogP contribution is -2.38. The van der Waals surface area contributed by atoms with Crippen LogP contribution in [0.15, 0.2) is 30.3 Å². The highest BCUT2D eigenvalue weighted by Crippen LogP contribution is 2.14. The van der Waals surface area contributed by atoms with Gasteiger partial charge in [0.2, 0.25) is 0 Å². The summed E-state index contributed by atoms with van der Waals surface area (Å²) in [4.78, 5) is 0. The Bertz CT molecular complexity index is 330. The van der Waals surface area contributed by atoms with Crippen molar-refractivity contribution < 1.29 is 0 Å². The second-order valence-electron chi connectivity index (χ2n) is 4.72. The minimum absolute atomic E-state index is 0.0594. The van der Waals surface area contributed by atoms with E-state index in [9.17, 15) is 0 Å². The summed E-state index contributed by atoms with van der Waals surface area (Å²) in [7, 11) is 0. The molecule has 15 heavy (non-hydrogen) atoms. The highest BCUT2D eigenvalue weighted by Gasteiger charge is 2.14. The van der Waals surface area contributed by atoms with E-state index in [4.69, 9.17) is 5.26 Å².